The Morgan fingerprint density at radius 2 is 1.86 bits per heavy atom. The largest absolute Gasteiger partial charge is 0.256 e. The van der Waals surface area contributed by atoms with Gasteiger partial charge in [0.1, 0.15) is 5.82 Å². The minimum atomic E-state index is -0.158. The summed E-state index contributed by atoms with van der Waals surface area (Å²) in [6.45, 7) is 25.7. The highest BCUT2D eigenvalue weighted by Crippen LogP contribution is 2.42. The Balaban J connectivity index is 2.65. The van der Waals surface area contributed by atoms with Crippen LogP contribution in [0, 0.1) is 24.6 Å². The summed E-state index contributed by atoms with van der Waals surface area (Å²) in [5, 5.41) is 0. The Labute approximate surface area is 220 Å². The van der Waals surface area contributed by atoms with Gasteiger partial charge in [-0.3, -0.25) is 4.99 Å². The molecular weight excluding hydrogens is 441 g/mol. The molecule has 0 heterocycles. The van der Waals surface area contributed by atoms with E-state index >= 15 is 0 Å². The van der Waals surface area contributed by atoms with E-state index in [1.54, 1.807) is 6.07 Å². The number of aliphatic imine (C=N–C) groups is 1. The topological polar surface area (TPSA) is 12.4 Å². The molecule has 0 radical (unpaired) electrons. The van der Waals surface area contributed by atoms with Crippen LogP contribution < -0.4 is 0 Å². The molecule has 196 valence electrons. The van der Waals surface area contributed by atoms with Crippen LogP contribution in [0.25, 0.3) is 5.57 Å². The monoisotopic (exact) mass is 489 g/mol. The number of allylic oxidation sites excluding steroid dienone is 8. The fourth-order valence-electron chi connectivity index (χ4n) is 5.33. The molecule has 1 aliphatic carbocycles. The second-order valence-corrected chi connectivity index (χ2v) is 10.9. The first kappa shape index (κ1) is 29.7. The SMILES string of the molecule is C=CC(CC(C)C)C(/C=C(\C)C=Nc1cc(F)c(C)c2c1/C(=C(\C)CC)CCC2)=C(\CCC)C(=C)C. The van der Waals surface area contributed by atoms with Gasteiger partial charge in [0.05, 0.1) is 5.69 Å². The van der Waals surface area contributed by atoms with Crippen LogP contribution in [-0.4, -0.2) is 6.21 Å². The van der Waals surface area contributed by atoms with E-state index in [9.17, 15) is 4.39 Å². The van der Waals surface area contributed by atoms with Crippen LogP contribution >= 0.6 is 0 Å². The zero-order chi connectivity index (χ0) is 27.0. The van der Waals surface area contributed by atoms with Crippen LogP contribution in [-0.2, 0) is 6.42 Å². The summed E-state index contributed by atoms with van der Waals surface area (Å²) in [5.41, 5.74) is 11.3. The van der Waals surface area contributed by atoms with Crippen molar-refractivity contribution in [3.05, 3.63) is 81.7 Å². The average Bonchev–Trinajstić information content (AvgIpc) is 2.84. The normalized spacial score (nSPS) is 17.2. The highest BCUT2D eigenvalue weighted by molar-refractivity contribution is 5.87. The van der Waals surface area contributed by atoms with Crippen molar-refractivity contribution in [3.63, 3.8) is 0 Å². The van der Waals surface area contributed by atoms with E-state index in [1.807, 2.05) is 13.1 Å². The van der Waals surface area contributed by atoms with Gasteiger partial charge in [0, 0.05) is 23.8 Å². The molecule has 0 saturated heterocycles. The maximum absolute atomic E-state index is 14.9. The molecule has 36 heavy (non-hydrogen) atoms. The van der Waals surface area contributed by atoms with Crippen molar-refractivity contribution in [2.75, 3.05) is 0 Å². The number of benzene rings is 1. The van der Waals surface area contributed by atoms with Gasteiger partial charge in [-0.05, 0) is 106 Å². The van der Waals surface area contributed by atoms with Crippen LogP contribution in [0.4, 0.5) is 10.1 Å². The molecule has 0 aromatic heterocycles. The number of hydrogen-bond donors (Lipinski definition) is 0. The lowest BCUT2D eigenvalue weighted by atomic mass is 9.81. The van der Waals surface area contributed by atoms with Crippen LogP contribution in [0.1, 0.15) is 104 Å². The number of hydrogen-bond acceptors (Lipinski definition) is 1. The first-order valence-corrected chi connectivity index (χ1v) is 13.8. The summed E-state index contributed by atoms with van der Waals surface area (Å²) in [7, 11) is 0. The minimum absolute atomic E-state index is 0.158. The predicted molar refractivity (Wildman–Crippen MR) is 159 cm³/mol. The fourth-order valence-corrected chi connectivity index (χ4v) is 5.33. The Morgan fingerprint density at radius 3 is 2.42 bits per heavy atom. The minimum Gasteiger partial charge on any atom is -0.256 e. The summed E-state index contributed by atoms with van der Waals surface area (Å²) < 4.78 is 14.9. The molecule has 0 spiro atoms. The number of fused-ring (bicyclic) bond motifs is 1. The highest BCUT2D eigenvalue weighted by atomic mass is 19.1. The van der Waals surface area contributed by atoms with E-state index in [4.69, 9.17) is 4.99 Å². The third kappa shape index (κ3) is 7.28. The lowest BCUT2D eigenvalue weighted by Crippen LogP contribution is -2.08. The molecule has 1 unspecified atom stereocenters. The van der Waals surface area contributed by atoms with Crippen molar-refractivity contribution in [2.45, 2.75) is 100 Å². The van der Waals surface area contributed by atoms with Crippen LogP contribution in [0.15, 0.2) is 64.2 Å². The van der Waals surface area contributed by atoms with E-state index < -0.39 is 0 Å². The molecule has 2 heteroatoms. The molecule has 0 fully saturated rings. The average molecular weight is 490 g/mol. The van der Waals surface area contributed by atoms with Gasteiger partial charge in [-0.25, -0.2) is 4.39 Å². The van der Waals surface area contributed by atoms with Gasteiger partial charge in [0.25, 0.3) is 0 Å². The van der Waals surface area contributed by atoms with E-state index in [1.165, 1.54) is 22.3 Å². The van der Waals surface area contributed by atoms with Crippen molar-refractivity contribution in [2.24, 2.45) is 16.8 Å². The van der Waals surface area contributed by atoms with Gasteiger partial charge in [0.2, 0.25) is 0 Å². The second kappa shape index (κ2) is 13.7. The third-order valence-electron chi connectivity index (χ3n) is 7.40. The summed E-state index contributed by atoms with van der Waals surface area (Å²) >= 11 is 0. The Bertz CT molecular complexity index is 1090. The molecule has 0 bridgehead atoms. The summed E-state index contributed by atoms with van der Waals surface area (Å²) in [6, 6.07) is 1.63. The predicted octanol–water partition coefficient (Wildman–Crippen LogP) is 10.8. The van der Waals surface area contributed by atoms with Crippen LogP contribution in [0.2, 0.25) is 0 Å². The quantitative estimate of drug-likeness (QED) is 0.166. The Morgan fingerprint density at radius 1 is 1.17 bits per heavy atom. The van der Waals surface area contributed by atoms with Gasteiger partial charge in [-0.2, -0.15) is 0 Å². The van der Waals surface area contributed by atoms with E-state index in [0.29, 0.717) is 5.92 Å². The molecule has 0 saturated carbocycles. The van der Waals surface area contributed by atoms with Gasteiger partial charge in [-0.15, -0.1) is 6.58 Å². The standard InChI is InChI=1S/C34H48FN/c1-11-15-28(23(6)7)31(27(13-3)18-22(4)5)19-24(8)21-36-33-20-32(35)26(10)30-17-14-16-29(34(30)33)25(9)12-2/h13,19-22,27H,3,6,11-12,14-18H2,1-2,4-5,7-10H3/b24-19+,29-25+,31-28+,36-21?. The molecule has 0 N–H and O–H groups in total. The molecule has 1 aromatic carbocycles. The third-order valence-corrected chi connectivity index (χ3v) is 7.40. The lowest BCUT2D eigenvalue weighted by Gasteiger charge is -2.25. The number of nitrogens with zero attached hydrogens (tertiary/aromatic N) is 1. The number of rotatable bonds is 11. The zero-order valence-electron chi connectivity index (χ0n) is 24.2. The van der Waals surface area contributed by atoms with Crippen molar-refractivity contribution in [1.29, 1.82) is 0 Å². The van der Waals surface area contributed by atoms with Gasteiger partial charge in [-0.1, -0.05) is 64.0 Å². The van der Waals surface area contributed by atoms with Crippen molar-refractivity contribution < 1.29 is 4.39 Å². The molecule has 2 rings (SSSR count). The maximum atomic E-state index is 14.9. The fraction of sp³-hybridized carbons (Fsp3) is 0.500. The summed E-state index contributed by atoms with van der Waals surface area (Å²) in [5.74, 6) is 0.667. The second-order valence-electron chi connectivity index (χ2n) is 10.9. The Kier molecular flexibility index (Phi) is 11.3. The van der Waals surface area contributed by atoms with Gasteiger partial charge < -0.3 is 0 Å². The van der Waals surface area contributed by atoms with Crippen LogP contribution in [0.3, 0.4) is 0 Å². The molecule has 0 amide bonds. The molecule has 1 aromatic rings. The van der Waals surface area contributed by atoms with Crippen molar-refractivity contribution in [1.82, 2.24) is 0 Å². The molecule has 1 nitrogen and oxygen atoms in total. The van der Waals surface area contributed by atoms with Gasteiger partial charge >= 0.3 is 0 Å². The first-order valence-electron chi connectivity index (χ1n) is 13.8. The zero-order valence-corrected chi connectivity index (χ0v) is 24.2. The first-order chi connectivity index (χ1) is 17.0. The van der Waals surface area contributed by atoms with Crippen molar-refractivity contribution in [3.8, 4) is 0 Å². The van der Waals surface area contributed by atoms with Crippen LogP contribution in [0.5, 0.6) is 0 Å². The number of halogens is 1. The summed E-state index contributed by atoms with van der Waals surface area (Å²) in [6.07, 6.45) is 13.4. The molecule has 1 atom stereocenters. The smallest absolute Gasteiger partial charge is 0.128 e. The van der Waals surface area contributed by atoms with Gasteiger partial charge in [0.15, 0.2) is 0 Å². The maximum Gasteiger partial charge on any atom is 0.128 e. The van der Waals surface area contributed by atoms with E-state index in [2.05, 4.69) is 73.8 Å². The summed E-state index contributed by atoms with van der Waals surface area (Å²) in [4.78, 5) is 4.90. The Hall–Kier alpha value is -2.48. The van der Waals surface area contributed by atoms with E-state index in [-0.39, 0.29) is 11.7 Å². The highest BCUT2D eigenvalue weighted by Gasteiger charge is 2.23. The lowest BCUT2D eigenvalue weighted by molar-refractivity contribution is 0.520. The molecular formula is C34H48FN. The van der Waals surface area contributed by atoms with Crippen molar-refractivity contribution >= 4 is 17.5 Å². The van der Waals surface area contributed by atoms with E-state index in [0.717, 1.165) is 78.5 Å². The molecule has 1 aliphatic rings. The molecule has 0 aliphatic heterocycles.